The fourth-order valence-electron chi connectivity index (χ4n) is 3.46. The van der Waals surface area contributed by atoms with Crippen molar-refractivity contribution >= 4 is 24.0 Å². The summed E-state index contributed by atoms with van der Waals surface area (Å²) >= 11 is 0. The number of pyridine rings is 1. The van der Waals surface area contributed by atoms with E-state index < -0.39 is 8.07 Å². The molecule has 0 atom stereocenters. The number of benzene rings is 2. The third-order valence-corrected chi connectivity index (χ3v) is 7.11. The fraction of sp³-hybridized carbons (Fsp3) is 0.318. The summed E-state index contributed by atoms with van der Waals surface area (Å²) in [4.78, 5) is 0. The Bertz CT molecular complexity index is 933. The third-order valence-electron chi connectivity index (χ3n) is 5.07. The van der Waals surface area contributed by atoms with E-state index in [9.17, 15) is 0 Å². The number of aromatic nitrogens is 1. The molecule has 1 nitrogen and oxygen atoms in total. The summed E-state index contributed by atoms with van der Waals surface area (Å²) in [6, 6.07) is 13.9. The maximum absolute atomic E-state index is 2.41. The van der Waals surface area contributed by atoms with Gasteiger partial charge in [-0.15, -0.1) is 0 Å². The molecule has 0 amide bonds. The minimum atomic E-state index is -1.30. The lowest BCUT2D eigenvalue weighted by molar-refractivity contribution is -0.659. The molecule has 0 radical (unpaired) electrons. The molecule has 0 fully saturated rings. The maximum Gasteiger partial charge on any atom is 0.220 e. The number of hydrogen-bond donors (Lipinski definition) is 0. The van der Waals surface area contributed by atoms with Gasteiger partial charge in [-0.25, -0.2) is 4.57 Å². The van der Waals surface area contributed by atoms with E-state index in [4.69, 9.17) is 0 Å². The summed E-state index contributed by atoms with van der Waals surface area (Å²) in [6.07, 6.45) is 2.20. The van der Waals surface area contributed by atoms with Crippen LogP contribution in [0.4, 0.5) is 0 Å². The second-order valence-electron chi connectivity index (χ2n) is 8.08. The molecule has 0 saturated heterocycles. The smallest absolute Gasteiger partial charge is 0.200 e. The first-order chi connectivity index (χ1) is 11.2. The SMILES string of the molecule is Cc1cc(C)c(C)c(-c2c3ccc([Si](C)(C)C)cc3cc[n+]2C)c1. The molecular formula is C22H28NSi+. The first-order valence-corrected chi connectivity index (χ1v) is 12.2. The predicted molar refractivity (Wildman–Crippen MR) is 108 cm³/mol. The Morgan fingerprint density at radius 1 is 0.875 bits per heavy atom. The highest BCUT2D eigenvalue weighted by Crippen LogP contribution is 2.30. The van der Waals surface area contributed by atoms with Gasteiger partial charge in [-0.1, -0.05) is 48.6 Å². The first kappa shape index (κ1) is 16.9. The number of nitrogens with zero attached hydrogens (tertiary/aromatic N) is 1. The van der Waals surface area contributed by atoms with Crippen molar-refractivity contribution in [2.24, 2.45) is 7.05 Å². The van der Waals surface area contributed by atoms with E-state index in [1.807, 2.05) is 0 Å². The molecule has 2 aromatic carbocycles. The van der Waals surface area contributed by atoms with Gasteiger partial charge in [0.15, 0.2) is 6.20 Å². The second-order valence-corrected chi connectivity index (χ2v) is 13.2. The minimum Gasteiger partial charge on any atom is -0.200 e. The molecule has 1 heterocycles. The van der Waals surface area contributed by atoms with Gasteiger partial charge in [0.05, 0.1) is 19.0 Å². The molecule has 24 heavy (non-hydrogen) atoms. The molecule has 0 N–H and O–H groups in total. The van der Waals surface area contributed by atoms with Gasteiger partial charge in [0.25, 0.3) is 0 Å². The molecular weight excluding hydrogens is 306 g/mol. The fourth-order valence-corrected chi connectivity index (χ4v) is 4.63. The Hall–Kier alpha value is -1.93. The largest absolute Gasteiger partial charge is 0.220 e. The van der Waals surface area contributed by atoms with Crippen molar-refractivity contribution < 1.29 is 4.57 Å². The molecule has 0 aliphatic rings. The molecule has 0 saturated carbocycles. The van der Waals surface area contributed by atoms with E-state index in [0.29, 0.717) is 0 Å². The van der Waals surface area contributed by atoms with Crippen LogP contribution in [0.1, 0.15) is 16.7 Å². The Morgan fingerprint density at radius 3 is 2.25 bits per heavy atom. The molecule has 3 rings (SSSR count). The molecule has 0 bridgehead atoms. The van der Waals surface area contributed by atoms with E-state index in [-0.39, 0.29) is 0 Å². The monoisotopic (exact) mass is 334 g/mol. The van der Waals surface area contributed by atoms with Crippen LogP contribution >= 0.6 is 0 Å². The Kier molecular flexibility index (Phi) is 4.12. The van der Waals surface area contributed by atoms with Gasteiger partial charge in [0.2, 0.25) is 5.69 Å². The van der Waals surface area contributed by atoms with Gasteiger partial charge < -0.3 is 0 Å². The van der Waals surface area contributed by atoms with Crippen molar-refractivity contribution in [3.63, 3.8) is 0 Å². The predicted octanol–water partition coefficient (Wildman–Crippen LogP) is 4.80. The van der Waals surface area contributed by atoms with Crippen LogP contribution in [0, 0.1) is 20.8 Å². The van der Waals surface area contributed by atoms with Gasteiger partial charge >= 0.3 is 0 Å². The normalized spacial score (nSPS) is 12.0. The molecule has 0 spiro atoms. The summed E-state index contributed by atoms with van der Waals surface area (Å²) in [5, 5.41) is 4.21. The average molecular weight is 335 g/mol. The van der Waals surface area contributed by atoms with Gasteiger partial charge in [0, 0.05) is 6.07 Å². The highest BCUT2D eigenvalue weighted by Gasteiger charge is 2.21. The van der Waals surface area contributed by atoms with Crippen LogP contribution in [0.2, 0.25) is 19.6 Å². The van der Waals surface area contributed by atoms with Crippen molar-refractivity contribution in [3.05, 3.63) is 59.3 Å². The molecule has 1 aromatic heterocycles. The van der Waals surface area contributed by atoms with Crippen LogP contribution in [0.15, 0.2) is 42.6 Å². The lowest BCUT2D eigenvalue weighted by atomic mass is 9.95. The van der Waals surface area contributed by atoms with Crippen LogP contribution in [-0.4, -0.2) is 8.07 Å². The number of hydrogen-bond acceptors (Lipinski definition) is 0. The number of rotatable bonds is 2. The van der Waals surface area contributed by atoms with Crippen LogP contribution in [0.5, 0.6) is 0 Å². The van der Waals surface area contributed by atoms with Crippen LogP contribution < -0.4 is 9.75 Å². The van der Waals surface area contributed by atoms with E-state index in [2.05, 4.69) is 94.6 Å². The van der Waals surface area contributed by atoms with Gasteiger partial charge in [0.1, 0.15) is 7.05 Å². The first-order valence-electron chi connectivity index (χ1n) is 8.69. The van der Waals surface area contributed by atoms with Crippen molar-refractivity contribution in [3.8, 4) is 11.3 Å². The Morgan fingerprint density at radius 2 is 1.58 bits per heavy atom. The lowest BCUT2D eigenvalue weighted by Crippen LogP contribution is -2.37. The maximum atomic E-state index is 2.41. The van der Waals surface area contributed by atoms with E-state index >= 15 is 0 Å². The number of aryl methyl sites for hydroxylation is 3. The Labute approximate surface area is 147 Å². The Balaban J connectivity index is 2.35. The van der Waals surface area contributed by atoms with E-state index in [1.54, 1.807) is 0 Å². The molecule has 124 valence electrons. The van der Waals surface area contributed by atoms with Crippen LogP contribution in [-0.2, 0) is 7.05 Å². The highest BCUT2D eigenvalue weighted by atomic mass is 28.3. The van der Waals surface area contributed by atoms with Crippen molar-refractivity contribution in [1.82, 2.24) is 0 Å². The molecule has 2 heteroatoms. The average Bonchev–Trinajstić information content (AvgIpc) is 2.50. The van der Waals surface area contributed by atoms with E-state index in [0.717, 1.165) is 0 Å². The van der Waals surface area contributed by atoms with Crippen LogP contribution in [0.25, 0.3) is 22.0 Å². The molecule has 0 aliphatic heterocycles. The van der Waals surface area contributed by atoms with Gasteiger partial charge in [-0.05, 0) is 49.4 Å². The lowest BCUT2D eigenvalue weighted by Gasteiger charge is -2.18. The second kappa shape index (κ2) is 5.85. The topological polar surface area (TPSA) is 3.88 Å². The standard InChI is InChI=1S/C22H28NSi/c1-15-12-16(2)17(3)21(13-15)22-20-9-8-19(24(5,6)7)14-18(20)10-11-23(22)4/h8-14H,1-7H3/q+1. The van der Waals surface area contributed by atoms with Crippen molar-refractivity contribution in [1.29, 1.82) is 0 Å². The zero-order valence-electron chi connectivity index (χ0n) is 16.0. The van der Waals surface area contributed by atoms with E-state index in [1.165, 1.54) is 43.9 Å². The van der Waals surface area contributed by atoms with Gasteiger partial charge in [-0.2, -0.15) is 0 Å². The van der Waals surface area contributed by atoms with Crippen LogP contribution in [0.3, 0.4) is 0 Å². The van der Waals surface area contributed by atoms with Crippen molar-refractivity contribution in [2.75, 3.05) is 0 Å². The van der Waals surface area contributed by atoms with Crippen molar-refractivity contribution in [2.45, 2.75) is 40.4 Å². The summed E-state index contributed by atoms with van der Waals surface area (Å²) < 4.78 is 2.26. The molecule has 3 aromatic rings. The minimum absolute atomic E-state index is 1.30. The van der Waals surface area contributed by atoms with Gasteiger partial charge in [-0.3, -0.25) is 0 Å². The molecule has 0 aliphatic carbocycles. The zero-order chi connectivity index (χ0) is 17.6. The highest BCUT2D eigenvalue weighted by molar-refractivity contribution is 6.88. The zero-order valence-corrected chi connectivity index (χ0v) is 17.0. The molecule has 0 unspecified atom stereocenters. The summed E-state index contributed by atoms with van der Waals surface area (Å²) in [7, 11) is 0.855. The quantitative estimate of drug-likeness (QED) is 0.468. The summed E-state index contributed by atoms with van der Waals surface area (Å²) in [5.41, 5.74) is 6.72. The number of fused-ring (bicyclic) bond motifs is 1. The third kappa shape index (κ3) is 2.91. The summed E-state index contributed by atoms with van der Waals surface area (Å²) in [6.45, 7) is 13.9. The summed E-state index contributed by atoms with van der Waals surface area (Å²) in [5.74, 6) is 0.